The highest BCUT2D eigenvalue weighted by molar-refractivity contribution is 7.17. The third kappa shape index (κ3) is 5.06. The molecule has 5 nitrogen and oxygen atoms in total. The van der Waals surface area contributed by atoms with Crippen LogP contribution in [-0.2, 0) is 20.7 Å². The van der Waals surface area contributed by atoms with Gasteiger partial charge in [0.15, 0.2) is 0 Å². The lowest BCUT2D eigenvalue weighted by atomic mass is 9.97. The van der Waals surface area contributed by atoms with E-state index in [0.717, 1.165) is 28.8 Å². The van der Waals surface area contributed by atoms with Gasteiger partial charge in [0, 0.05) is 17.0 Å². The molecule has 0 bridgehead atoms. The molecule has 0 saturated carbocycles. The summed E-state index contributed by atoms with van der Waals surface area (Å²) in [5.41, 5.74) is 3.47. The number of hydrogen-bond acceptors (Lipinski definition) is 5. The summed E-state index contributed by atoms with van der Waals surface area (Å²) in [7, 11) is 0. The number of amides is 1. The Morgan fingerprint density at radius 2 is 2.00 bits per heavy atom. The Balaban J connectivity index is 1.96. The maximum absolute atomic E-state index is 12.8. The molecule has 6 heteroatoms. The SMILES string of the molecule is CCOC(=O)c1c(NC(=O)[C@H]2CCCO2)sc(C)c1-c1ccc(CC(C)C)cc1. The molecule has 1 N–H and O–H groups in total. The molecule has 2 heterocycles. The number of anilines is 1. The van der Waals surface area contributed by atoms with Crippen LogP contribution in [0.1, 0.15) is 54.4 Å². The fourth-order valence-electron chi connectivity index (χ4n) is 3.63. The van der Waals surface area contributed by atoms with E-state index >= 15 is 0 Å². The van der Waals surface area contributed by atoms with Crippen LogP contribution in [0.4, 0.5) is 5.00 Å². The summed E-state index contributed by atoms with van der Waals surface area (Å²) in [4.78, 5) is 26.3. The highest BCUT2D eigenvalue weighted by Crippen LogP contribution is 2.40. The number of ether oxygens (including phenoxy) is 2. The zero-order valence-corrected chi connectivity index (χ0v) is 18.4. The van der Waals surface area contributed by atoms with Crippen LogP contribution in [0.3, 0.4) is 0 Å². The number of nitrogens with one attached hydrogen (secondary N) is 1. The van der Waals surface area contributed by atoms with E-state index in [9.17, 15) is 9.59 Å². The quantitative estimate of drug-likeness (QED) is 0.630. The first-order valence-electron chi connectivity index (χ1n) is 10.2. The van der Waals surface area contributed by atoms with Crippen LogP contribution in [0.2, 0.25) is 0 Å². The Labute approximate surface area is 176 Å². The lowest BCUT2D eigenvalue weighted by Gasteiger charge is -2.12. The normalized spacial score (nSPS) is 16.2. The minimum atomic E-state index is -0.453. The average molecular weight is 416 g/mol. The number of esters is 1. The molecule has 1 atom stereocenters. The third-order valence-electron chi connectivity index (χ3n) is 4.91. The van der Waals surface area contributed by atoms with E-state index in [1.807, 2.05) is 19.1 Å². The predicted molar refractivity (Wildman–Crippen MR) is 117 cm³/mol. The summed E-state index contributed by atoms with van der Waals surface area (Å²) in [5, 5.41) is 3.44. The monoisotopic (exact) mass is 415 g/mol. The molecule has 0 spiro atoms. The van der Waals surface area contributed by atoms with Crippen molar-refractivity contribution >= 4 is 28.2 Å². The van der Waals surface area contributed by atoms with E-state index in [-0.39, 0.29) is 12.5 Å². The first-order chi connectivity index (χ1) is 13.9. The van der Waals surface area contributed by atoms with Crippen LogP contribution >= 0.6 is 11.3 Å². The molecule has 2 aromatic rings. The number of thiophene rings is 1. The van der Waals surface area contributed by atoms with Gasteiger partial charge in [-0.05, 0) is 50.2 Å². The third-order valence-corrected chi connectivity index (χ3v) is 5.93. The van der Waals surface area contributed by atoms with Gasteiger partial charge in [-0.1, -0.05) is 38.1 Å². The van der Waals surface area contributed by atoms with Gasteiger partial charge in [0.1, 0.15) is 16.7 Å². The lowest BCUT2D eigenvalue weighted by Crippen LogP contribution is -2.27. The minimum absolute atomic E-state index is 0.201. The van der Waals surface area contributed by atoms with Gasteiger partial charge in [-0.15, -0.1) is 11.3 Å². The van der Waals surface area contributed by atoms with Crippen molar-refractivity contribution in [3.8, 4) is 11.1 Å². The smallest absolute Gasteiger partial charge is 0.341 e. The van der Waals surface area contributed by atoms with Gasteiger partial charge < -0.3 is 14.8 Å². The molecule has 0 unspecified atom stereocenters. The van der Waals surface area contributed by atoms with E-state index in [4.69, 9.17) is 9.47 Å². The molecule has 1 aliphatic rings. The van der Waals surface area contributed by atoms with Gasteiger partial charge >= 0.3 is 5.97 Å². The Hall–Kier alpha value is -2.18. The Bertz CT molecular complexity index is 864. The maximum atomic E-state index is 12.8. The number of carbonyl (C=O) groups is 2. The number of hydrogen-bond donors (Lipinski definition) is 1. The van der Waals surface area contributed by atoms with Crippen LogP contribution in [0.5, 0.6) is 0 Å². The molecule has 1 aromatic heterocycles. The second-order valence-electron chi connectivity index (χ2n) is 7.74. The van der Waals surface area contributed by atoms with E-state index in [1.54, 1.807) is 6.92 Å². The second kappa shape index (κ2) is 9.55. The zero-order valence-electron chi connectivity index (χ0n) is 17.5. The predicted octanol–water partition coefficient (Wildman–Crippen LogP) is 5.22. The number of carbonyl (C=O) groups excluding carboxylic acids is 2. The molecule has 1 fully saturated rings. The van der Waals surface area contributed by atoms with Crippen LogP contribution < -0.4 is 5.32 Å². The highest BCUT2D eigenvalue weighted by Gasteiger charge is 2.29. The summed E-state index contributed by atoms with van der Waals surface area (Å²) >= 11 is 1.40. The van der Waals surface area contributed by atoms with Crippen molar-refractivity contribution in [2.45, 2.75) is 53.1 Å². The van der Waals surface area contributed by atoms with Crippen molar-refractivity contribution in [2.75, 3.05) is 18.5 Å². The summed E-state index contributed by atoms with van der Waals surface area (Å²) < 4.78 is 10.8. The van der Waals surface area contributed by atoms with Crippen molar-refractivity contribution in [1.82, 2.24) is 0 Å². The molecule has 3 rings (SSSR count). The van der Waals surface area contributed by atoms with Crippen LogP contribution in [-0.4, -0.2) is 31.2 Å². The minimum Gasteiger partial charge on any atom is -0.462 e. The van der Waals surface area contributed by atoms with Gasteiger partial charge in [0.05, 0.1) is 6.61 Å². The molecule has 1 aromatic carbocycles. The molecular formula is C23H29NO4S. The van der Waals surface area contributed by atoms with Gasteiger partial charge in [-0.2, -0.15) is 0 Å². The fourth-order valence-corrected chi connectivity index (χ4v) is 4.70. The molecule has 1 amide bonds. The highest BCUT2D eigenvalue weighted by atomic mass is 32.1. The summed E-state index contributed by atoms with van der Waals surface area (Å²) in [6, 6.07) is 8.29. The maximum Gasteiger partial charge on any atom is 0.341 e. The molecular weight excluding hydrogens is 386 g/mol. The van der Waals surface area contributed by atoms with Crippen molar-refractivity contribution in [1.29, 1.82) is 0 Å². The zero-order chi connectivity index (χ0) is 21.0. The number of aryl methyl sites for hydroxylation is 1. The van der Waals surface area contributed by atoms with Crippen molar-refractivity contribution in [3.63, 3.8) is 0 Å². The topological polar surface area (TPSA) is 64.6 Å². The average Bonchev–Trinajstić information content (AvgIpc) is 3.30. The first-order valence-corrected chi connectivity index (χ1v) is 11.0. The molecule has 0 aliphatic carbocycles. The summed E-state index contributed by atoms with van der Waals surface area (Å²) in [6.45, 7) is 9.01. The molecule has 0 radical (unpaired) electrons. The van der Waals surface area contributed by atoms with Gasteiger partial charge in [-0.3, -0.25) is 4.79 Å². The van der Waals surface area contributed by atoms with Crippen LogP contribution in [0, 0.1) is 12.8 Å². The van der Waals surface area contributed by atoms with E-state index in [2.05, 4.69) is 31.3 Å². The van der Waals surface area contributed by atoms with Gasteiger partial charge in [0.2, 0.25) is 0 Å². The van der Waals surface area contributed by atoms with Gasteiger partial charge in [-0.25, -0.2) is 4.79 Å². The van der Waals surface area contributed by atoms with Gasteiger partial charge in [0.25, 0.3) is 5.91 Å². The Kier molecular flexibility index (Phi) is 7.09. The Morgan fingerprint density at radius 1 is 1.28 bits per heavy atom. The van der Waals surface area contributed by atoms with Crippen molar-refractivity contribution in [2.24, 2.45) is 5.92 Å². The molecule has 29 heavy (non-hydrogen) atoms. The summed E-state index contributed by atoms with van der Waals surface area (Å²) in [6.07, 6.45) is 2.14. The van der Waals surface area contributed by atoms with E-state index in [0.29, 0.717) is 29.5 Å². The number of rotatable bonds is 7. The number of benzene rings is 1. The van der Waals surface area contributed by atoms with Crippen LogP contribution in [0.15, 0.2) is 24.3 Å². The lowest BCUT2D eigenvalue weighted by molar-refractivity contribution is -0.124. The van der Waals surface area contributed by atoms with Crippen LogP contribution in [0.25, 0.3) is 11.1 Å². The van der Waals surface area contributed by atoms with Crippen molar-refractivity contribution < 1.29 is 19.1 Å². The van der Waals surface area contributed by atoms with Crippen molar-refractivity contribution in [3.05, 3.63) is 40.3 Å². The summed E-state index contributed by atoms with van der Waals surface area (Å²) in [5.74, 6) is -0.0349. The van der Waals surface area contributed by atoms with E-state index in [1.165, 1.54) is 16.9 Å². The second-order valence-corrected chi connectivity index (χ2v) is 8.97. The Morgan fingerprint density at radius 3 is 2.59 bits per heavy atom. The fraction of sp³-hybridized carbons (Fsp3) is 0.478. The molecule has 156 valence electrons. The standard InChI is InChI=1S/C23H29NO4S/c1-5-27-23(26)20-19(17-10-8-16(9-11-17)13-14(2)3)15(4)29-22(20)24-21(25)18-7-6-12-28-18/h8-11,14,18H,5-7,12-13H2,1-4H3,(H,24,25)/t18-/m1/s1. The molecule has 1 saturated heterocycles. The van der Waals surface area contributed by atoms with E-state index < -0.39 is 12.1 Å². The largest absolute Gasteiger partial charge is 0.462 e. The molecule has 1 aliphatic heterocycles. The first kappa shape index (κ1) is 21.5.